The third kappa shape index (κ3) is 3.73. The first-order valence-corrected chi connectivity index (χ1v) is 10.2. The second kappa shape index (κ2) is 8.82. The first kappa shape index (κ1) is 22.1. The van der Waals surface area contributed by atoms with Crippen molar-refractivity contribution < 1.29 is 34.0 Å². The van der Waals surface area contributed by atoms with Gasteiger partial charge < -0.3 is 34.1 Å². The number of nitrogens with zero attached hydrogens (tertiary/aromatic N) is 1. The second-order valence-corrected chi connectivity index (χ2v) is 7.53. The van der Waals surface area contributed by atoms with Crippen molar-refractivity contribution in [3.05, 3.63) is 65.7 Å². The lowest BCUT2D eigenvalue weighted by Gasteiger charge is -2.48. The Labute approximate surface area is 191 Å². The minimum Gasteiger partial charge on any atom is -0.508 e. The van der Waals surface area contributed by atoms with Crippen LogP contribution in [0.1, 0.15) is 23.1 Å². The molecular formula is C25H25NO7. The predicted octanol–water partition coefficient (Wildman–Crippen LogP) is 4.00. The first-order valence-electron chi connectivity index (χ1n) is 10.2. The van der Waals surface area contributed by atoms with Gasteiger partial charge in [-0.05, 0) is 29.8 Å². The first-order chi connectivity index (χ1) is 15.9. The summed E-state index contributed by atoms with van der Waals surface area (Å²) in [5, 5.41) is 20.5. The number of amides is 1. The average Bonchev–Trinajstić information content (AvgIpc) is 2.83. The van der Waals surface area contributed by atoms with Gasteiger partial charge in [-0.2, -0.15) is 0 Å². The topological polar surface area (TPSA) is 97.7 Å². The Balaban J connectivity index is 1.85. The van der Waals surface area contributed by atoms with E-state index in [1.807, 2.05) is 0 Å². The number of anilines is 1. The van der Waals surface area contributed by atoms with Crippen molar-refractivity contribution in [1.29, 1.82) is 0 Å². The molecule has 0 saturated carbocycles. The van der Waals surface area contributed by atoms with Gasteiger partial charge in [-0.15, -0.1) is 0 Å². The molecule has 0 aliphatic carbocycles. The smallest absolute Gasteiger partial charge is 0.237 e. The minimum absolute atomic E-state index is 0.00747. The molecule has 3 aromatic carbocycles. The lowest BCUT2D eigenvalue weighted by Crippen LogP contribution is -2.53. The van der Waals surface area contributed by atoms with Gasteiger partial charge in [0.25, 0.3) is 0 Å². The fourth-order valence-electron chi connectivity index (χ4n) is 4.21. The quantitative estimate of drug-likeness (QED) is 0.524. The number of phenols is 2. The van der Waals surface area contributed by atoms with E-state index in [9.17, 15) is 15.0 Å². The zero-order valence-corrected chi connectivity index (χ0v) is 18.7. The van der Waals surface area contributed by atoms with Crippen molar-refractivity contribution in [2.45, 2.75) is 12.0 Å². The Morgan fingerprint density at radius 3 is 1.94 bits per heavy atom. The van der Waals surface area contributed by atoms with Gasteiger partial charge in [-0.3, -0.25) is 4.79 Å². The van der Waals surface area contributed by atoms with Gasteiger partial charge in [0, 0.05) is 23.8 Å². The number of ether oxygens (including phenoxy) is 4. The zero-order chi connectivity index (χ0) is 23.7. The fourth-order valence-corrected chi connectivity index (χ4v) is 4.21. The van der Waals surface area contributed by atoms with Gasteiger partial charge >= 0.3 is 0 Å². The summed E-state index contributed by atoms with van der Waals surface area (Å²) in [5.74, 6) is 1.11. The van der Waals surface area contributed by atoms with Crippen LogP contribution >= 0.6 is 0 Å². The van der Waals surface area contributed by atoms with E-state index in [4.69, 9.17) is 18.9 Å². The normalized spacial score (nSPS) is 17.3. The lowest BCUT2D eigenvalue weighted by molar-refractivity contribution is -0.126. The number of phenolic OH excluding ortho intramolecular Hbond substituents is 2. The molecule has 1 aliphatic heterocycles. The van der Waals surface area contributed by atoms with Gasteiger partial charge in [-0.25, -0.2) is 0 Å². The summed E-state index contributed by atoms with van der Waals surface area (Å²) >= 11 is 0. The maximum absolute atomic E-state index is 13.5. The van der Waals surface area contributed by atoms with E-state index in [2.05, 4.69) is 0 Å². The van der Waals surface area contributed by atoms with Gasteiger partial charge in [-0.1, -0.05) is 12.1 Å². The molecule has 33 heavy (non-hydrogen) atoms. The Morgan fingerprint density at radius 2 is 1.42 bits per heavy atom. The van der Waals surface area contributed by atoms with E-state index in [1.54, 1.807) is 41.3 Å². The molecule has 8 nitrogen and oxygen atoms in total. The lowest BCUT2D eigenvalue weighted by atomic mass is 9.77. The predicted molar refractivity (Wildman–Crippen MR) is 122 cm³/mol. The summed E-state index contributed by atoms with van der Waals surface area (Å²) in [6.07, 6.45) is 0. The van der Waals surface area contributed by atoms with Crippen LogP contribution in [0, 0.1) is 0 Å². The molecule has 1 fully saturated rings. The van der Waals surface area contributed by atoms with E-state index >= 15 is 0 Å². The molecular weight excluding hydrogens is 426 g/mol. The van der Waals surface area contributed by atoms with Crippen molar-refractivity contribution in [2.24, 2.45) is 0 Å². The van der Waals surface area contributed by atoms with Crippen LogP contribution in [0.4, 0.5) is 5.69 Å². The maximum atomic E-state index is 13.5. The largest absolute Gasteiger partial charge is 0.508 e. The molecule has 0 radical (unpaired) electrons. The van der Waals surface area contributed by atoms with Gasteiger partial charge in [0.15, 0.2) is 11.5 Å². The fraction of sp³-hybridized carbons (Fsp3) is 0.240. The van der Waals surface area contributed by atoms with Gasteiger partial charge in [0.1, 0.15) is 17.2 Å². The summed E-state index contributed by atoms with van der Waals surface area (Å²) in [7, 11) is 6.03. The third-order valence-electron chi connectivity index (χ3n) is 5.83. The molecule has 1 saturated heterocycles. The summed E-state index contributed by atoms with van der Waals surface area (Å²) < 4.78 is 21.5. The van der Waals surface area contributed by atoms with Crippen LogP contribution in [-0.4, -0.2) is 44.6 Å². The highest BCUT2D eigenvalue weighted by Gasteiger charge is 2.51. The molecule has 1 aliphatic rings. The highest BCUT2D eigenvalue weighted by molar-refractivity contribution is 6.07. The molecule has 8 heteroatoms. The summed E-state index contributed by atoms with van der Waals surface area (Å²) in [5.41, 5.74) is 1.81. The van der Waals surface area contributed by atoms with Crippen LogP contribution in [0.25, 0.3) is 0 Å². The van der Waals surface area contributed by atoms with Crippen molar-refractivity contribution in [3.8, 4) is 34.5 Å². The number of benzene rings is 3. The molecule has 2 atom stereocenters. The Morgan fingerprint density at radius 1 is 0.788 bits per heavy atom. The molecule has 0 spiro atoms. The summed E-state index contributed by atoms with van der Waals surface area (Å²) in [6.45, 7) is 0. The van der Waals surface area contributed by atoms with E-state index in [-0.39, 0.29) is 17.4 Å². The van der Waals surface area contributed by atoms with Crippen molar-refractivity contribution in [1.82, 2.24) is 0 Å². The van der Waals surface area contributed by atoms with Crippen molar-refractivity contribution >= 4 is 11.6 Å². The number of hydrogen-bond acceptors (Lipinski definition) is 7. The Kier molecular flexibility index (Phi) is 5.91. The molecule has 1 amide bonds. The molecule has 2 N–H and O–H groups in total. The molecule has 2 unspecified atom stereocenters. The third-order valence-corrected chi connectivity index (χ3v) is 5.83. The van der Waals surface area contributed by atoms with Crippen LogP contribution < -0.4 is 23.8 Å². The number of hydrogen-bond donors (Lipinski definition) is 2. The molecule has 0 bridgehead atoms. The van der Waals surface area contributed by atoms with Gasteiger partial charge in [0.2, 0.25) is 11.7 Å². The summed E-state index contributed by atoms with van der Waals surface area (Å²) in [4.78, 5) is 15.1. The number of carbonyl (C=O) groups is 1. The molecule has 172 valence electrons. The zero-order valence-electron chi connectivity index (χ0n) is 18.7. The Bertz CT molecular complexity index is 1150. The number of carbonyl (C=O) groups excluding carboxylic acids is 1. The Hall–Kier alpha value is -4.07. The molecule has 1 heterocycles. The van der Waals surface area contributed by atoms with Crippen molar-refractivity contribution in [3.63, 3.8) is 0 Å². The number of aromatic hydroxyl groups is 2. The number of β-lactam (4-membered cyclic amide) rings is 1. The summed E-state index contributed by atoms with van der Waals surface area (Å²) in [6, 6.07) is 14.3. The van der Waals surface area contributed by atoms with Gasteiger partial charge in [0.05, 0.1) is 46.1 Å². The number of methoxy groups -OCH3 is 4. The van der Waals surface area contributed by atoms with E-state index in [0.717, 1.165) is 5.56 Å². The van der Waals surface area contributed by atoms with Crippen LogP contribution in [0.15, 0.2) is 54.6 Å². The van der Waals surface area contributed by atoms with Crippen molar-refractivity contribution in [2.75, 3.05) is 33.3 Å². The monoisotopic (exact) mass is 451 g/mol. The second-order valence-electron chi connectivity index (χ2n) is 7.53. The van der Waals surface area contributed by atoms with Crippen LogP contribution in [-0.2, 0) is 4.79 Å². The molecule has 4 rings (SSSR count). The maximum Gasteiger partial charge on any atom is 0.237 e. The molecule has 0 aromatic heterocycles. The van der Waals surface area contributed by atoms with Crippen LogP contribution in [0.3, 0.4) is 0 Å². The molecule has 3 aromatic rings. The van der Waals surface area contributed by atoms with Crippen LogP contribution in [0.5, 0.6) is 34.5 Å². The van der Waals surface area contributed by atoms with E-state index < -0.39 is 12.0 Å². The van der Waals surface area contributed by atoms with E-state index in [0.29, 0.717) is 34.2 Å². The van der Waals surface area contributed by atoms with E-state index in [1.165, 1.54) is 46.6 Å². The minimum atomic E-state index is -0.566. The number of rotatable bonds is 7. The highest BCUT2D eigenvalue weighted by atomic mass is 16.5. The van der Waals surface area contributed by atoms with Crippen LogP contribution in [0.2, 0.25) is 0 Å². The standard InChI is InChI=1S/C25H25NO7/c1-30-17-9-10-18(19(28)13-17)23-22(14-5-7-16(27)8-6-14)25(29)26(23)15-11-20(31-2)24(33-4)21(12-15)32-3/h5-13,22-23,27-28H,1-4H3. The SMILES string of the molecule is COc1ccc(C2C(c3ccc(O)cc3)C(=O)N2c2cc(OC)c(OC)c(OC)c2)c(O)c1. The average molecular weight is 451 g/mol. The highest BCUT2D eigenvalue weighted by Crippen LogP contribution is 2.53.